The molecule has 0 aromatic heterocycles. The van der Waals surface area contributed by atoms with Crippen molar-refractivity contribution in [3.63, 3.8) is 0 Å². The Labute approximate surface area is 127 Å². The minimum atomic E-state index is -0.172. The molecule has 1 aromatic rings. The van der Waals surface area contributed by atoms with Crippen LogP contribution in [0.2, 0.25) is 0 Å². The van der Waals surface area contributed by atoms with Crippen molar-refractivity contribution in [2.45, 2.75) is 39.3 Å². The van der Waals surface area contributed by atoms with E-state index in [-0.39, 0.29) is 5.82 Å². The van der Waals surface area contributed by atoms with Crippen LogP contribution in [-0.2, 0) is 11.3 Å². The average Bonchev–Trinajstić information content (AvgIpc) is 2.46. The Kier molecular flexibility index (Phi) is 6.00. The molecule has 0 bridgehead atoms. The van der Waals surface area contributed by atoms with Crippen molar-refractivity contribution in [2.24, 2.45) is 5.92 Å². The van der Waals surface area contributed by atoms with E-state index in [2.05, 4.69) is 31.1 Å². The minimum absolute atomic E-state index is 0.172. The van der Waals surface area contributed by atoms with Crippen molar-refractivity contribution >= 4 is 5.69 Å². The number of anilines is 1. The Balaban J connectivity index is 2.05. The molecule has 0 amide bonds. The van der Waals surface area contributed by atoms with Crippen molar-refractivity contribution in [3.8, 4) is 0 Å². The molecule has 1 unspecified atom stereocenters. The predicted molar refractivity (Wildman–Crippen MR) is 85.2 cm³/mol. The summed E-state index contributed by atoms with van der Waals surface area (Å²) < 4.78 is 19.1. The molecule has 0 spiro atoms. The molecule has 3 nitrogen and oxygen atoms in total. The van der Waals surface area contributed by atoms with Crippen molar-refractivity contribution < 1.29 is 9.13 Å². The van der Waals surface area contributed by atoms with Gasteiger partial charge in [0.25, 0.3) is 0 Å². The van der Waals surface area contributed by atoms with Crippen LogP contribution in [0.4, 0.5) is 10.1 Å². The lowest BCUT2D eigenvalue weighted by atomic mass is 10.0. The molecule has 1 aromatic carbocycles. The monoisotopic (exact) mass is 294 g/mol. The molecule has 0 radical (unpaired) electrons. The highest BCUT2D eigenvalue weighted by atomic mass is 19.1. The first-order chi connectivity index (χ1) is 10.1. The Hall–Kier alpha value is -1.13. The third kappa shape index (κ3) is 4.97. The number of ether oxygens (including phenoxy) is 1. The van der Waals surface area contributed by atoms with Gasteiger partial charge >= 0.3 is 0 Å². The van der Waals surface area contributed by atoms with E-state index in [1.807, 2.05) is 6.07 Å². The van der Waals surface area contributed by atoms with Crippen LogP contribution in [0.1, 0.15) is 32.3 Å². The number of hydrogen-bond donors (Lipinski definition) is 1. The second kappa shape index (κ2) is 7.76. The number of rotatable bonds is 6. The molecule has 4 heteroatoms. The smallest absolute Gasteiger partial charge is 0.123 e. The fraction of sp³-hybridized carbons (Fsp3) is 0.647. The third-order valence-electron chi connectivity index (χ3n) is 3.94. The first-order valence-corrected chi connectivity index (χ1v) is 7.87. The van der Waals surface area contributed by atoms with Gasteiger partial charge in [0.05, 0.1) is 6.61 Å². The van der Waals surface area contributed by atoms with Gasteiger partial charge in [-0.25, -0.2) is 4.39 Å². The molecule has 1 N–H and O–H groups in total. The zero-order chi connectivity index (χ0) is 15.2. The minimum Gasteiger partial charge on any atom is -0.381 e. The molecule has 0 aliphatic carbocycles. The lowest BCUT2D eigenvalue weighted by Gasteiger charge is -2.30. The van der Waals surface area contributed by atoms with Crippen molar-refractivity contribution in [2.75, 3.05) is 31.7 Å². The van der Waals surface area contributed by atoms with Gasteiger partial charge in [-0.1, -0.05) is 13.8 Å². The van der Waals surface area contributed by atoms with Gasteiger partial charge < -0.3 is 15.0 Å². The molecule has 2 rings (SSSR count). The maximum Gasteiger partial charge on any atom is 0.123 e. The Morgan fingerprint density at radius 3 is 2.90 bits per heavy atom. The highest BCUT2D eigenvalue weighted by Gasteiger charge is 2.17. The average molecular weight is 294 g/mol. The summed E-state index contributed by atoms with van der Waals surface area (Å²) in [5.74, 6) is 0.397. The quantitative estimate of drug-likeness (QED) is 0.872. The van der Waals surface area contributed by atoms with Crippen LogP contribution in [0.15, 0.2) is 18.2 Å². The van der Waals surface area contributed by atoms with Crippen LogP contribution >= 0.6 is 0 Å². The normalized spacial score (nSPS) is 19.0. The highest BCUT2D eigenvalue weighted by Crippen LogP contribution is 2.24. The van der Waals surface area contributed by atoms with E-state index in [0.717, 1.165) is 37.4 Å². The first kappa shape index (κ1) is 16.2. The van der Waals surface area contributed by atoms with Crippen LogP contribution in [-0.4, -0.2) is 32.8 Å². The molecule has 0 saturated carbocycles. The fourth-order valence-electron chi connectivity index (χ4n) is 2.82. The summed E-state index contributed by atoms with van der Waals surface area (Å²) in [5, 5.41) is 3.37. The summed E-state index contributed by atoms with van der Waals surface area (Å²) in [4.78, 5) is 2.23. The largest absolute Gasteiger partial charge is 0.381 e. The predicted octanol–water partition coefficient (Wildman–Crippen LogP) is 3.19. The summed E-state index contributed by atoms with van der Waals surface area (Å²) in [6.07, 6.45) is 2.36. The number of nitrogens with zero attached hydrogens (tertiary/aromatic N) is 1. The van der Waals surface area contributed by atoms with E-state index in [4.69, 9.17) is 4.74 Å². The molecular formula is C17H27FN2O. The second-order valence-electron chi connectivity index (χ2n) is 6.27. The molecule has 21 heavy (non-hydrogen) atoms. The van der Waals surface area contributed by atoms with Gasteiger partial charge in [0.15, 0.2) is 0 Å². The Morgan fingerprint density at radius 1 is 1.43 bits per heavy atom. The van der Waals surface area contributed by atoms with E-state index in [1.165, 1.54) is 6.42 Å². The van der Waals surface area contributed by atoms with Crippen LogP contribution in [0.3, 0.4) is 0 Å². The summed E-state index contributed by atoms with van der Waals surface area (Å²) in [6, 6.07) is 5.45. The van der Waals surface area contributed by atoms with Crippen molar-refractivity contribution in [1.29, 1.82) is 0 Å². The number of hydrogen-bond acceptors (Lipinski definition) is 3. The molecule has 1 saturated heterocycles. The number of nitrogens with one attached hydrogen (secondary N) is 1. The molecule has 1 aliphatic heterocycles. The lowest BCUT2D eigenvalue weighted by Crippen LogP contribution is -2.32. The zero-order valence-electron chi connectivity index (χ0n) is 13.4. The summed E-state index contributed by atoms with van der Waals surface area (Å²) >= 11 is 0. The molecule has 1 heterocycles. The van der Waals surface area contributed by atoms with Crippen LogP contribution in [0.25, 0.3) is 0 Å². The lowest BCUT2D eigenvalue weighted by molar-refractivity contribution is 0.0576. The SMILES string of the molecule is CC(C)NCc1cc(F)ccc1N(C)CC1CCCOC1. The molecule has 118 valence electrons. The van der Waals surface area contributed by atoms with Gasteiger partial charge in [0, 0.05) is 38.5 Å². The third-order valence-corrected chi connectivity index (χ3v) is 3.94. The molecule has 1 atom stereocenters. The summed E-state index contributed by atoms with van der Waals surface area (Å²) in [7, 11) is 2.08. The maximum atomic E-state index is 13.5. The van der Waals surface area contributed by atoms with Gasteiger partial charge in [-0.05, 0) is 42.5 Å². The summed E-state index contributed by atoms with van der Waals surface area (Å²) in [5.41, 5.74) is 2.12. The van der Waals surface area contributed by atoms with E-state index in [0.29, 0.717) is 18.5 Å². The van der Waals surface area contributed by atoms with Gasteiger partial charge in [-0.15, -0.1) is 0 Å². The van der Waals surface area contributed by atoms with Crippen LogP contribution in [0.5, 0.6) is 0 Å². The van der Waals surface area contributed by atoms with E-state index >= 15 is 0 Å². The van der Waals surface area contributed by atoms with Gasteiger partial charge in [-0.3, -0.25) is 0 Å². The van der Waals surface area contributed by atoms with Crippen LogP contribution in [0, 0.1) is 11.7 Å². The van der Waals surface area contributed by atoms with Gasteiger partial charge in [0.1, 0.15) is 5.82 Å². The van der Waals surface area contributed by atoms with E-state index in [1.54, 1.807) is 12.1 Å². The molecule has 1 aliphatic rings. The zero-order valence-corrected chi connectivity index (χ0v) is 13.4. The molecule has 1 fully saturated rings. The van der Waals surface area contributed by atoms with Crippen molar-refractivity contribution in [3.05, 3.63) is 29.6 Å². The fourth-order valence-corrected chi connectivity index (χ4v) is 2.82. The topological polar surface area (TPSA) is 24.5 Å². The standard InChI is InChI=1S/C17H27FN2O/c1-13(2)19-10-15-9-16(18)6-7-17(15)20(3)11-14-5-4-8-21-12-14/h6-7,9,13-14,19H,4-5,8,10-12H2,1-3H3. The second-order valence-corrected chi connectivity index (χ2v) is 6.27. The number of benzene rings is 1. The number of halogens is 1. The highest BCUT2D eigenvalue weighted by molar-refractivity contribution is 5.53. The first-order valence-electron chi connectivity index (χ1n) is 7.87. The van der Waals surface area contributed by atoms with Crippen LogP contribution < -0.4 is 10.2 Å². The van der Waals surface area contributed by atoms with E-state index in [9.17, 15) is 4.39 Å². The Morgan fingerprint density at radius 2 is 2.24 bits per heavy atom. The van der Waals surface area contributed by atoms with Gasteiger partial charge in [-0.2, -0.15) is 0 Å². The van der Waals surface area contributed by atoms with E-state index < -0.39 is 0 Å². The maximum absolute atomic E-state index is 13.5. The van der Waals surface area contributed by atoms with Crippen molar-refractivity contribution in [1.82, 2.24) is 5.32 Å². The molecular weight excluding hydrogens is 267 g/mol. The summed E-state index contributed by atoms with van der Waals surface area (Å²) in [6.45, 7) is 7.58. The Bertz CT molecular complexity index is 444. The van der Waals surface area contributed by atoms with Gasteiger partial charge in [0.2, 0.25) is 0 Å².